The third kappa shape index (κ3) is 5.62. The lowest BCUT2D eigenvalue weighted by Crippen LogP contribution is -2.39. The molecular weight excluding hydrogens is 532 g/mol. The SMILES string of the molecule is Nc1ncc([C@@H]2CC[C@@H](O)C(F)(F)C2)nc1-c1ccc(C(=O)NCc2cc(F)cc(Br)c2)c(F)c1. The molecule has 0 aliphatic heterocycles. The Hall–Kier alpha value is -3.05. The van der Waals surface area contributed by atoms with E-state index in [9.17, 15) is 27.5 Å². The lowest BCUT2D eigenvalue weighted by molar-refractivity contribution is -0.136. The molecule has 0 spiro atoms. The predicted molar refractivity (Wildman–Crippen MR) is 125 cm³/mol. The lowest BCUT2D eigenvalue weighted by atomic mass is 9.83. The topological polar surface area (TPSA) is 101 Å². The summed E-state index contributed by atoms with van der Waals surface area (Å²) in [4.78, 5) is 20.9. The van der Waals surface area contributed by atoms with E-state index in [1.165, 1.54) is 30.5 Å². The number of nitrogens with two attached hydrogens (primary N) is 1. The van der Waals surface area contributed by atoms with Gasteiger partial charge in [-0.25, -0.2) is 27.5 Å². The second-order valence-corrected chi connectivity index (χ2v) is 9.35. The molecule has 4 N–H and O–H groups in total. The summed E-state index contributed by atoms with van der Waals surface area (Å²) >= 11 is 3.17. The van der Waals surface area contributed by atoms with Gasteiger partial charge in [0.15, 0.2) is 0 Å². The molecule has 1 aliphatic carbocycles. The molecule has 1 saturated carbocycles. The van der Waals surface area contributed by atoms with Crippen molar-refractivity contribution in [2.75, 3.05) is 5.73 Å². The highest BCUT2D eigenvalue weighted by atomic mass is 79.9. The summed E-state index contributed by atoms with van der Waals surface area (Å²) in [6.07, 6.45) is -0.758. The Bertz CT molecular complexity index is 1250. The van der Waals surface area contributed by atoms with E-state index in [-0.39, 0.29) is 41.3 Å². The van der Waals surface area contributed by atoms with Crippen LogP contribution in [0.25, 0.3) is 11.3 Å². The van der Waals surface area contributed by atoms with Crippen LogP contribution in [0.5, 0.6) is 0 Å². The van der Waals surface area contributed by atoms with E-state index >= 15 is 0 Å². The minimum atomic E-state index is -3.24. The van der Waals surface area contributed by atoms with Crippen LogP contribution in [0, 0.1) is 11.6 Å². The van der Waals surface area contributed by atoms with Crippen molar-refractivity contribution in [1.82, 2.24) is 15.3 Å². The molecule has 11 heteroatoms. The van der Waals surface area contributed by atoms with E-state index in [1.54, 1.807) is 6.07 Å². The number of amides is 1. The third-order valence-electron chi connectivity index (χ3n) is 5.89. The summed E-state index contributed by atoms with van der Waals surface area (Å²) in [5.41, 5.74) is 6.76. The van der Waals surface area contributed by atoms with Crippen molar-refractivity contribution in [1.29, 1.82) is 0 Å². The van der Waals surface area contributed by atoms with E-state index in [4.69, 9.17) is 5.73 Å². The summed E-state index contributed by atoms with van der Waals surface area (Å²) in [5.74, 6) is -5.94. The number of nitrogen functional groups attached to an aromatic ring is 1. The minimum Gasteiger partial charge on any atom is -0.387 e. The lowest BCUT2D eigenvalue weighted by Gasteiger charge is -2.32. The van der Waals surface area contributed by atoms with Crippen molar-refractivity contribution in [2.45, 2.75) is 43.8 Å². The van der Waals surface area contributed by atoms with Crippen LogP contribution in [0.3, 0.4) is 0 Å². The van der Waals surface area contributed by atoms with Gasteiger partial charge < -0.3 is 16.2 Å². The normalized spacial score (nSPS) is 19.4. The average Bonchev–Trinajstić information content (AvgIpc) is 2.79. The molecule has 2 atom stereocenters. The fourth-order valence-electron chi connectivity index (χ4n) is 4.05. The quantitative estimate of drug-likeness (QED) is 0.388. The number of aliphatic hydroxyl groups excluding tert-OH is 1. The first kappa shape index (κ1) is 25.1. The monoisotopic (exact) mass is 552 g/mol. The number of rotatable bonds is 5. The fraction of sp³-hybridized carbons (Fsp3) is 0.292. The number of aliphatic hydroxyl groups is 1. The van der Waals surface area contributed by atoms with Gasteiger partial charge in [-0.3, -0.25) is 4.79 Å². The van der Waals surface area contributed by atoms with Crippen molar-refractivity contribution in [2.24, 2.45) is 0 Å². The summed E-state index contributed by atoms with van der Waals surface area (Å²) < 4.78 is 56.8. The molecular formula is C24H21BrF4N4O2. The molecule has 2 aromatic carbocycles. The minimum absolute atomic E-state index is 0.0163. The molecule has 1 fully saturated rings. The summed E-state index contributed by atoms with van der Waals surface area (Å²) in [7, 11) is 0. The van der Waals surface area contributed by atoms with Gasteiger partial charge in [0.2, 0.25) is 0 Å². The van der Waals surface area contributed by atoms with Crippen LogP contribution in [0.4, 0.5) is 23.4 Å². The number of hydrogen-bond donors (Lipinski definition) is 3. The van der Waals surface area contributed by atoms with Crippen LogP contribution in [-0.2, 0) is 6.54 Å². The van der Waals surface area contributed by atoms with Gasteiger partial charge in [0.25, 0.3) is 11.8 Å². The van der Waals surface area contributed by atoms with Crippen molar-refractivity contribution < 1.29 is 27.5 Å². The van der Waals surface area contributed by atoms with Crippen LogP contribution in [0.2, 0.25) is 0 Å². The highest BCUT2D eigenvalue weighted by Gasteiger charge is 2.45. The maximum Gasteiger partial charge on any atom is 0.274 e. The number of aromatic nitrogens is 2. The molecule has 184 valence electrons. The Morgan fingerprint density at radius 2 is 1.97 bits per heavy atom. The Labute approximate surface area is 206 Å². The van der Waals surface area contributed by atoms with Crippen molar-refractivity contribution in [3.8, 4) is 11.3 Å². The molecule has 6 nitrogen and oxygen atoms in total. The van der Waals surface area contributed by atoms with E-state index < -0.39 is 41.9 Å². The van der Waals surface area contributed by atoms with Crippen LogP contribution in [-0.4, -0.2) is 33.0 Å². The number of nitrogens with zero attached hydrogens (tertiary/aromatic N) is 2. The zero-order valence-electron chi connectivity index (χ0n) is 18.2. The van der Waals surface area contributed by atoms with E-state index in [1.807, 2.05) is 0 Å². The number of carbonyl (C=O) groups is 1. The number of anilines is 1. The highest BCUT2D eigenvalue weighted by molar-refractivity contribution is 9.10. The van der Waals surface area contributed by atoms with Gasteiger partial charge in [-0.2, -0.15) is 0 Å². The van der Waals surface area contributed by atoms with E-state index in [0.717, 1.165) is 6.07 Å². The average molecular weight is 553 g/mol. The number of halogens is 5. The fourth-order valence-corrected chi connectivity index (χ4v) is 4.56. The third-order valence-corrected chi connectivity index (χ3v) is 6.35. The summed E-state index contributed by atoms with van der Waals surface area (Å²) in [5, 5.41) is 12.0. The molecule has 1 amide bonds. The first-order valence-corrected chi connectivity index (χ1v) is 11.5. The van der Waals surface area contributed by atoms with E-state index in [0.29, 0.717) is 16.5 Å². The van der Waals surface area contributed by atoms with Crippen molar-refractivity contribution in [3.63, 3.8) is 0 Å². The van der Waals surface area contributed by atoms with Gasteiger partial charge in [-0.1, -0.05) is 22.0 Å². The maximum absolute atomic E-state index is 14.8. The molecule has 3 aromatic rings. The number of nitrogens with one attached hydrogen (secondary N) is 1. The van der Waals surface area contributed by atoms with Crippen molar-refractivity contribution in [3.05, 3.63) is 75.5 Å². The van der Waals surface area contributed by atoms with E-state index in [2.05, 4.69) is 31.2 Å². The number of carbonyl (C=O) groups excluding carboxylic acids is 1. The summed E-state index contributed by atoms with van der Waals surface area (Å²) in [6.45, 7) is -0.0163. The first-order chi connectivity index (χ1) is 16.5. The number of benzene rings is 2. The second-order valence-electron chi connectivity index (χ2n) is 8.44. The Morgan fingerprint density at radius 1 is 1.20 bits per heavy atom. The van der Waals surface area contributed by atoms with Crippen molar-refractivity contribution >= 4 is 27.7 Å². The molecule has 1 aliphatic rings. The van der Waals surface area contributed by atoms with Gasteiger partial charge in [-0.05, 0) is 48.7 Å². The second kappa shape index (κ2) is 9.90. The molecule has 4 rings (SSSR count). The van der Waals surface area contributed by atoms with Crippen LogP contribution in [0.15, 0.2) is 47.1 Å². The standard InChI is InChI=1S/C24H21BrF4N4O2/c25-15-5-12(6-16(26)8-15)10-32-23(35)17-3-1-13(7-18(17)27)21-22(30)31-11-19(33-21)14-2-4-20(34)24(28,29)9-14/h1,3,5-8,11,14,20,34H,2,4,9-10H2,(H2,30,31)(H,32,35)/t14-,20-/m1/s1. The van der Waals surface area contributed by atoms with Crippen LogP contribution >= 0.6 is 15.9 Å². The largest absolute Gasteiger partial charge is 0.387 e. The molecule has 0 saturated heterocycles. The van der Waals surface area contributed by atoms with Crippen LogP contribution in [0.1, 0.15) is 46.8 Å². The summed E-state index contributed by atoms with van der Waals surface area (Å²) in [6, 6.07) is 7.90. The Kier molecular flexibility index (Phi) is 7.09. The number of hydrogen-bond acceptors (Lipinski definition) is 5. The first-order valence-electron chi connectivity index (χ1n) is 10.7. The molecule has 0 radical (unpaired) electrons. The maximum atomic E-state index is 14.8. The zero-order chi connectivity index (χ0) is 25.3. The Balaban J connectivity index is 1.53. The smallest absolute Gasteiger partial charge is 0.274 e. The van der Waals surface area contributed by atoms with Gasteiger partial charge in [0.05, 0.1) is 17.5 Å². The van der Waals surface area contributed by atoms with Gasteiger partial charge >= 0.3 is 0 Å². The van der Waals surface area contributed by atoms with Gasteiger partial charge in [0.1, 0.15) is 29.3 Å². The molecule has 35 heavy (non-hydrogen) atoms. The molecule has 0 bridgehead atoms. The van der Waals surface area contributed by atoms with Crippen LogP contribution < -0.4 is 11.1 Å². The Morgan fingerprint density at radius 3 is 2.66 bits per heavy atom. The molecule has 0 unspecified atom stereocenters. The predicted octanol–water partition coefficient (Wildman–Crippen LogP) is 4.96. The highest BCUT2D eigenvalue weighted by Crippen LogP contribution is 2.42. The van der Waals surface area contributed by atoms with Gasteiger partial charge in [0, 0.05) is 28.9 Å². The molecule has 1 aromatic heterocycles. The molecule has 1 heterocycles. The number of alkyl halides is 2. The van der Waals surface area contributed by atoms with Gasteiger partial charge in [-0.15, -0.1) is 0 Å². The zero-order valence-corrected chi connectivity index (χ0v) is 19.8.